The van der Waals surface area contributed by atoms with Crippen molar-refractivity contribution in [3.05, 3.63) is 52.0 Å². The highest BCUT2D eigenvalue weighted by Crippen LogP contribution is 2.39. The highest BCUT2D eigenvalue weighted by Gasteiger charge is 2.47. The van der Waals surface area contributed by atoms with Crippen molar-refractivity contribution in [2.24, 2.45) is 5.41 Å². The molecule has 1 aliphatic heterocycles. The van der Waals surface area contributed by atoms with E-state index in [1.165, 1.54) is 18.2 Å². The van der Waals surface area contributed by atoms with E-state index in [9.17, 15) is 19.5 Å². The minimum atomic E-state index is -0.357. The number of carbonyl (C=O) groups excluding carboxylic acids is 2. The summed E-state index contributed by atoms with van der Waals surface area (Å²) in [5, 5.41) is 23.3. The summed E-state index contributed by atoms with van der Waals surface area (Å²) in [7, 11) is 1.52. The second kappa shape index (κ2) is 13.0. The first-order chi connectivity index (χ1) is 24.0. The van der Waals surface area contributed by atoms with Gasteiger partial charge < -0.3 is 29.5 Å². The van der Waals surface area contributed by atoms with Gasteiger partial charge in [0, 0.05) is 43.1 Å². The molecule has 1 saturated heterocycles. The van der Waals surface area contributed by atoms with Crippen LogP contribution in [-0.2, 0) is 17.8 Å². The molecule has 7 rings (SSSR count). The Kier molecular flexibility index (Phi) is 8.68. The summed E-state index contributed by atoms with van der Waals surface area (Å²) in [6.07, 6.45) is 8.77. The number of aryl methyl sites for hydroxylation is 1. The van der Waals surface area contributed by atoms with Crippen molar-refractivity contribution in [2.75, 3.05) is 25.1 Å². The molecule has 4 aromatic rings. The number of anilines is 1. The highest BCUT2D eigenvalue weighted by atomic mass is 16.5. The maximum absolute atomic E-state index is 14.5. The Bertz CT molecular complexity index is 2010. The minimum absolute atomic E-state index is 0.0217. The third-order valence-corrected chi connectivity index (χ3v) is 10.7. The first kappa shape index (κ1) is 33.4. The van der Waals surface area contributed by atoms with Crippen LogP contribution in [0.5, 0.6) is 11.6 Å². The lowest BCUT2D eigenvalue weighted by Gasteiger charge is -2.54. The predicted molar refractivity (Wildman–Crippen MR) is 185 cm³/mol. The summed E-state index contributed by atoms with van der Waals surface area (Å²) in [4.78, 5) is 59.4. The van der Waals surface area contributed by atoms with Gasteiger partial charge in [0.05, 0.1) is 24.5 Å². The monoisotopic (exact) mass is 684 g/mol. The van der Waals surface area contributed by atoms with Gasteiger partial charge in [-0.15, -0.1) is 15.0 Å². The van der Waals surface area contributed by atoms with E-state index < -0.39 is 0 Å². The van der Waals surface area contributed by atoms with Crippen LogP contribution >= 0.6 is 0 Å². The molecule has 5 heterocycles. The third kappa shape index (κ3) is 5.92. The smallest absolute Gasteiger partial charge is 0.276 e. The maximum Gasteiger partial charge on any atom is 0.276 e. The van der Waals surface area contributed by atoms with Gasteiger partial charge in [0.2, 0.25) is 17.2 Å². The normalized spacial score (nSPS) is 20.3. The van der Waals surface area contributed by atoms with Crippen molar-refractivity contribution >= 4 is 28.7 Å². The first-order valence-electron chi connectivity index (χ1n) is 17.4. The second-order valence-corrected chi connectivity index (χ2v) is 14.3. The molecule has 50 heavy (non-hydrogen) atoms. The Balaban J connectivity index is 1.27. The molecule has 2 aliphatic carbocycles. The van der Waals surface area contributed by atoms with Crippen molar-refractivity contribution in [2.45, 2.75) is 97.3 Å². The summed E-state index contributed by atoms with van der Waals surface area (Å²) in [6, 6.07) is 3.17. The second-order valence-electron chi connectivity index (χ2n) is 14.3. The van der Waals surface area contributed by atoms with Crippen LogP contribution in [0.4, 0.5) is 5.69 Å². The lowest BCUT2D eigenvalue weighted by atomic mass is 9.75. The number of piperazine rings is 1. The number of fused-ring (bicyclic) bond motifs is 2. The molecule has 2 atom stereocenters. The van der Waals surface area contributed by atoms with E-state index in [-0.39, 0.29) is 64.3 Å². The van der Waals surface area contributed by atoms with Gasteiger partial charge in [-0.25, -0.2) is 15.0 Å². The molecule has 0 spiro atoms. The number of hydrogen-bond acceptors (Lipinski definition) is 11. The summed E-state index contributed by atoms with van der Waals surface area (Å²) < 4.78 is 7.15. The molecule has 0 aromatic carbocycles. The molecule has 0 unspecified atom stereocenters. The van der Waals surface area contributed by atoms with Gasteiger partial charge in [0.25, 0.3) is 5.91 Å². The molecule has 3 aliphatic rings. The number of carbonyl (C=O) groups is 2. The average molecular weight is 685 g/mol. The van der Waals surface area contributed by atoms with E-state index >= 15 is 0 Å². The zero-order valence-corrected chi connectivity index (χ0v) is 29.2. The SMILES string of the molecule is CCc1c(N2CCN(C(=O)c3ncnc(C)c3O)[C@H]3CC[C@@H]32)c(=O)c2nn(-c3ccnc(OC)c3)nc2n1CC(=O)NC1CCC(C)(C)CC1. The average Bonchev–Trinajstić information content (AvgIpc) is 3.54. The molecule has 2 N–H and O–H groups in total. The first-order valence-corrected chi connectivity index (χ1v) is 17.4. The van der Waals surface area contributed by atoms with Crippen LogP contribution in [-0.4, -0.2) is 94.7 Å². The molecule has 264 valence electrons. The van der Waals surface area contributed by atoms with Crippen LogP contribution < -0.4 is 20.4 Å². The minimum Gasteiger partial charge on any atom is -0.504 e. The highest BCUT2D eigenvalue weighted by molar-refractivity contribution is 5.95. The van der Waals surface area contributed by atoms with Crippen LogP contribution in [0, 0.1) is 12.3 Å². The Morgan fingerprint density at radius 2 is 1.82 bits per heavy atom. The lowest BCUT2D eigenvalue weighted by molar-refractivity contribution is -0.122. The standard InChI is InChI=1S/C35H44N10O5/c1-6-23-30(42-15-16-43(25-8-7-24(25)42)34(49)29-31(47)20(2)37-19-38-29)32(48)28-33(41-45(40-28)22-11-14-36-27(17-22)50-5)44(23)18-26(46)39-21-9-12-35(3,4)13-10-21/h11,14,17,19,21,24-25,47H,6-10,12-13,15-16,18H2,1-5H3,(H,39,46)/t24-,25-/m0/s1. The number of amides is 2. The van der Waals surface area contributed by atoms with E-state index in [0.29, 0.717) is 53.8 Å². The Labute approximate surface area is 289 Å². The Morgan fingerprint density at radius 3 is 2.52 bits per heavy atom. The number of pyridine rings is 2. The molecule has 0 bridgehead atoms. The number of aromatic hydroxyl groups is 1. The number of nitrogens with zero attached hydrogens (tertiary/aromatic N) is 9. The molecular weight excluding hydrogens is 640 g/mol. The van der Waals surface area contributed by atoms with E-state index in [4.69, 9.17) is 9.84 Å². The molecule has 15 heteroatoms. The topological polar surface area (TPSA) is 173 Å². The van der Waals surface area contributed by atoms with Gasteiger partial charge in [-0.2, -0.15) is 0 Å². The van der Waals surface area contributed by atoms with Crippen molar-refractivity contribution in [3.63, 3.8) is 0 Å². The van der Waals surface area contributed by atoms with E-state index in [0.717, 1.165) is 38.5 Å². The van der Waals surface area contributed by atoms with Crippen LogP contribution in [0.2, 0.25) is 0 Å². The van der Waals surface area contributed by atoms with Gasteiger partial charge in [0.1, 0.15) is 18.6 Å². The van der Waals surface area contributed by atoms with Crippen LogP contribution in [0.25, 0.3) is 16.9 Å². The van der Waals surface area contributed by atoms with E-state index in [1.54, 1.807) is 30.2 Å². The molecule has 4 aromatic heterocycles. The zero-order valence-electron chi connectivity index (χ0n) is 29.2. The maximum atomic E-state index is 14.5. The number of rotatable bonds is 8. The lowest BCUT2D eigenvalue weighted by Crippen LogP contribution is -2.67. The number of methoxy groups -OCH3 is 1. The quantitative estimate of drug-likeness (QED) is 0.279. The van der Waals surface area contributed by atoms with Crippen LogP contribution in [0.3, 0.4) is 0 Å². The Morgan fingerprint density at radius 1 is 1.06 bits per heavy atom. The molecule has 3 fully saturated rings. The number of ether oxygens (including phenoxy) is 1. The fourth-order valence-corrected chi connectivity index (χ4v) is 7.69. The molecule has 0 radical (unpaired) electrons. The van der Waals surface area contributed by atoms with Gasteiger partial charge in [-0.3, -0.25) is 14.4 Å². The summed E-state index contributed by atoms with van der Waals surface area (Å²) >= 11 is 0. The molecule has 15 nitrogen and oxygen atoms in total. The van der Waals surface area contributed by atoms with Gasteiger partial charge >= 0.3 is 0 Å². The predicted octanol–water partition coefficient (Wildman–Crippen LogP) is 2.93. The summed E-state index contributed by atoms with van der Waals surface area (Å²) in [5.74, 6) is -0.345. The van der Waals surface area contributed by atoms with Crippen molar-refractivity contribution in [3.8, 4) is 17.3 Å². The van der Waals surface area contributed by atoms with Gasteiger partial charge in [0.15, 0.2) is 22.6 Å². The molecule has 2 saturated carbocycles. The van der Waals surface area contributed by atoms with Crippen molar-refractivity contribution in [1.82, 2.24) is 44.7 Å². The van der Waals surface area contributed by atoms with E-state index in [2.05, 4.69) is 44.1 Å². The van der Waals surface area contributed by atoms with Gasteiger partial charge in [-0.1, -0.05) is 20.8 Å². The number of nitrogens with one attached hydrogen (secondary N) is 1. The fraction of sp³-hybridized carbons (Fsp3) is 0.543. The van der Waals surface area contributed by atoms with Crippen molar-refractivity contribution < 1.29 is 19.4 Å². The Hall–Kier alpha value is -5.08. The number of aromatic nitrogens is 7. The van der Waals surface area contributed by atoms with Crippen LogP contribution in [0.15, 0.2) is 29.5 Å². The van der Waals surface area contributed by atoms with Crippen molar-refractivity contribution in [1.29, 1.82) is 0 Å². The summed E-state index contributed by atoms with van der Waals surface area (Å²) in [6.45, 7) is 8.81. The van der Waals surface area contributed by atoms with Crippen LogP contribution in [0.1, 0.15) is 81.2 Å². The number of hydrogen-bond donors (Lipinski definition) is 2. The third-order valence-electron chi connectivity index (χ3n) is 10.7. The zero-order chi connectivity index (χ0) is 35.3. The fourth-order valence-electron chi connectivity index (χ4n) is 7.69. The van der Waals surface area contributed by atoms with Gasteiger partial charge in [-0.05, 0) is 63.4 Å². The molecule has 2 amide bonds. The largest absolute Gasteiger partial charge is 0.504 e. The van der Waals surface area contributed by atoms with E-state index in [1.807, 2.05) is 11.5 Å². The molecular formula is C35H44N10O5. The summed E-state index contributed by atoms with van der Waals surface area (Å²) in [5.41, 5.74) is 2.51.